The zero-order chi connectivity index (χ0) is 42.3. The van der Waals surface area contributed by atoms with Crippen molar-refractivity contribution < 1.29 is 28.6 Å². The second-order valence-corrected chi connectivity index (χ2v) is 14.9. The molecule has 0 amide bonds. The van der Waals surface area contributed by atoms with Gasteiger partial charge < -0.3 is 14.2 Å². The second-order valence-electron chi connectivity index (χ2n) is 14.9. The molecule has 1 unspecified atom stereocenters. The minimum Gasteiger partial charge on any atom is -0.462 e. The normalized spacial score (nSPS) is 12.9. The number of carbonyl (C=O) groups is 3. The molecule has 328 valence electrons. The van der Waals surface area contributed by atoms with Crippen LogP contribution < -0.4 is 0 Å². The molecule has 0 rings (SSSR count). The molecule has 58 heavy (non-hydrogen) atoms. The molecular weight excluding hydrogens is 721 g/mol. The summed E-state index contributed by atoms with van der Waals surface area (Å²) in [5.74, 6) is -1.06. The van der Waals surface area contributed by atoms with E-state index in [1.807, 2.05) is 12.2 Å². The van der Waals surface area contributed by atoms with Crippen LogP contribution in [0.5, 0.6) is 0 Å². The highest BCUT2D eigenvalue weighted by Crippen LogP contribution is 2.11. The van der Waals surface area contributed by atoms with Gasteiger partial charge in [-0.15, -0.1) is 0 Å². The zero-order valence-corrected chi connectivity index (χ0v) is 37.3. The lowest BCUT2D eigenvalue weighted by molar-refractivity contribution is -0.166. The number of allylic oxidation sites excluding steroid dienone is 16. The highest BCUT2D eigenvalue weighted by Gasteiger charge is 2.19. The third kappa shape index (κ3) is 43.5. The third-order valence-corrected chi connectivity index (χ3v) is 9.33. The quantitative estimate of drug-likeness (QED) is 0.0202. The fraction of sp³-hybridized carbons (Fsp3) is 0.635. The van der Waals surface area contributed by atoms with Crippen LogP contribution in [0, 0.1) is 0 Å². The van der Waals surface area contributed by atoms with Crippen LogP contribution in [0.25, 0.3) is 0 Å². The first-order valence-electron chi connectivity index (χ1n) is 23.3. The predicted octanol–water partition coefficient (Wildman–Crippen LogP) is 15.0. The van der Waals surface area contributed by atoms with Gasteiger partial charge in [-0.2, -0.15) is 0 Å². The van der Waals surface area contributed by atoms with E-state index in [0.717, 1.165) is 96.3 Å². The maximum atomic E-state index is 12.7. The van der Waals surface area contributed by atoms with E-state index in [0.29, 0.717) is 12.8 Å². The molecule has 0 aliphatic carbocycles. The zero-order valence-electron chi connectivity index (χ0n) is 37.3. The highest BCUT2D eigenvalue weighted by atomic mass is 16.6. The molecule has 0 spiro atoms. The first-order chi connectivity index (χ1) is 28.5. The minimum absolute atomic E-state index is 0.122. The first kappa shape index (κ1) is 54.3. The monoisotopic (exact) mass is 805 g/mol. The van der Waals surface area contributed by atoms with E-state index >= 15 is 0 Å². The van der Waals surface area contributed by atoms with Crippen molar-refractivity contribution in [2.45, 2.75) is 200 Å². The first-order valence-corrected chi connectivity index (χ1v) is 23.3. The van der Waals surface area contributed by atoms with E-state index in [9.17, 15) is 14.4 Å². The van der Waals surface area contributed by atoms with Crippen LogP contribution in [0.1, 0.15) is 194 Å². The molecule has 0 aromatic heterocycles. The summed E-state index contributed by atoms with van der Waals surface area (Å²) in [7, 11) is 0. The Morgan fingerprint density at radius 2 is 0.776 bits per heavy atom. The van der Waals surface area contributed by atoms with E-state index in [4.69, 9.17) is 14.2 Å². The van der Waals surface area contributed by atoms with Crippen molar-refractivity contribution in [1.82, 2.24) is 0 Å². The molecule has 0 radical (unpaired) electrons. The average molecular weight is 805 g/mol. The van der Waals surface area contributed by atoms with Gasteiger partial charge in [0.25, 0.3) is 0 Å². The molecule has 0 saturated heterocycles. The van der Waals surface area contributed by atoms with Gasteiger partial charge in [-0.25, -0.2) is 0 Å². The van der Waals surface area contributed by atoms with Crippen molar-refractivity contribution in [1.29, 1.82) is 0 Å². The van der Waals surface area contributed by atoms with Crippen LogP contribution in [0.4, 0.5) is 0 Å². The molecule has 0 aromatic carbocycles. The molecule has 0 saturated carbocycles. The number of esters is 3. The Morgan fingerprint density at radius 3 is 1.31 bits per heavy atom. The summed E-state index contributed by atoms with van der Waals surface area (Å²) >= 11 is 0. The average Bonchev–Trinajstić information content (AvgIpc) is 3.22. The number of rotatable bonds is 40. The van der Waals surface area contributed by atoms with Crippen LogP contribution in [-0.4, -0.2) is 37.2 Å². The van der Waals surface area contributed by atoms with Gasteiger partial charge in [-0.3, -0.25) is 14.4 Å². The lowest BCUT2D eigenvalue weighted by Gasteiger charge is -2.18. The highest BCUT2D eigenvalue weighted by molar-refractivity contribution is 5.71. The Bertz CT molecular complexity index is 1200. The van der Waals surface area contributed by atoms with Crippen LogP contribution >= 0.6 is 0 Å². The summed E-state index contributed by atoms with van der Waals surface area (Å²) in [6.45, 7) is 6.33. The summed E-state index contributed by atoms with van der Waals surface area (Å²) < 4.78 is 16.6. The second kappa shape index (κ2) is 46.0. The smallest absolute Gasteiger partial charge is 0.306 e. The summed E-state index contributed by atoms with van der Waals surface area (Å²) in [6, 6.07) is 0. The van der Waals surface area contributed by atoms with Gasteiger partial charge in [0.15, 0.2) is 6.10 Å². The Labute approximate surface area is 356 Å². The van der Waals surface area contributed by atoms with Gasteiger partial charge >= 0.3 is 17.9 Å². The molecule has 6 heteroatoms. The lowest BCUT2D eigenvalue weighted by atomic mass is 10.1. The van der Waals surface area contributed by atoms with Gasteiger partial charge in [-0.05, 0) is 96.3 Å². The van der Waals surface area contributed by atoms with E-state index in [1.54, 1.807) is 0 Å². The summed E-state index contributed by atoms with van der Waals surface area (Å²) in [5.41, 5.74) is 0. The van der Waals surface area contributed by atoms with Gasteiger partial charge in [0.1, 0.15) is 13.2 Å². The number of ether oxygens (including phenoxy) is 3. The van der Waals surface area contributed by atoms with Crippen molar-refractivity contribution >= 4 is 17.9 Å². The largest absolute Gasteiger partial charge is 0.462 e. The van der Waals surface area contributed by atoms with Gasteiger partial charge in [-0.1, -0.05) is 176 Å². The van der Waals surface area contributed by atoms with Crippen molar-refractivity contribution in [2.24, 2.45) is 0 Å². The molecule has 0 aliphatic heterocycles. The minimum atomic E-state index is -0.825. The van der Waals surface area contributed by atoms with Crippen LogP contribution in [0.15, 0.2) is 97.2 Å². The topological polar surface area (TPSA) is 78.9 Å². The van der Waals surface area contributed by atoms with E-state index < -0.39 is 6.10 Å². The SMILES string of the molecule is CC/C=C\C/C=C\C/C=C\C/C=C\C/C=C\CCC(=O)OCC(COC(=O)CCCCC/C=C\C=C/CCCC)OC(=O)CCCCC/C=C\CCCCCCCC. The van der Waals surface area contributed by atoms with E-state index in [-0.39, 0.29) is 44.0 Å². The Balaban J connectivity index is 4.56. The van der Waals surface area contributed by atoms with Crippen LogP contribution in [-0.2, 0) is 28.6 Å². The summed E-state index contributed by atoms with van der Waals surface area (Å²) in [4.78, 5) is 37.7. The molecule has 0 aliphatic rings. The number of hydrogen-bond acceptors (Lipinski definition) is 6. The Kier molecular flexibility index (Phi) is 43.1. The Morgan fingerprint density at radius 1 is 0.379 bits per heavy atom. The van der Waals surface area contributed by atoms with Crippen molar-refractivity contribution in [3.05, 3.63) is 97.2 Å². The molecule has 0 N–H and O–H groups in total. The van der Waals surface area contributed by atoms with Crippen molar-refractivity contribution in [3.8, 4) is 0 Å². The standard InChI is InChI=1S/C52H84O6/c1-4-7-10-13-16-19-22-24-25-26-28-30-33-36-39-42-45-51(54)57-48-49(47-56-50(53)44-41-38-35-32-29-21-18-15-12-9-6-3)58-52(55)46-43-40-37-34-31-27-23-20-17-14-11-8-5-2/h7,10,15-16,18-19,21,24-25,27-31,36,39,49H,4-6,8-9,11-14,17,20,22-23,26,32-35,37-38,40-48H2,1-3H3/b10-7-,18-15-,19-16-,25-24-,29-21-,30-28-,31-27-,39-36-. The molecule has 1 atom stereocenters. The van der Waals surface area contributed by atoms with Gasteiger partial charge in [0, 0.05) is 19.3 Å². The van der Waals surface area contributed by atoms with E-state index in [1.165, 1.54) is 51.4 Å². The van der Waals surface area contributed by atoms with E-state index in [2.05, 4.69) is 106 Å². The van der Waals surface area contributed by atoms with Crippen LogP contribution in [0.2, 0.25) is 0 Å². The fourth-order valence-electron chi connectivity index (χ4n) is 5.81. The molecular formula is C52H84O6. The van der Waals surface area contributed by atoms with Crippen molar-refractivity contribution in [3.63, 3.8) is 0 Å². The lowest BCUT2D eigenvalue weighted by Crippen LogP contribution is -2.30. The summed E-state index contributed by atoms with van der Waals surface area (Å²) in [5, 5.41) is 0. The van der Waals surface area contributed by atoms with Gasteiger partial charge in [0.2, 0.25) is 0 Å². The van der Waals surface area contributed by atoms with Gasteiger partial charge in [0.05, 0.1) is 0 Å². The summed E-state index contributed by atoms with van der Waals surface area (Å²) in [6.07, 6.45) is 59.7. The molecule has 0 bridgehead atoms. The number of hydrogen-bond donors (Lipinski definition) is 0. The maximum Gasteiger partial charge on any atom is 0.306 e. The number of unbranched alkanes of at least 4 members (excludes halogenated alkanes) is 14. The number of carbonyl (C=O) groups excluding carboxylic acids is 3. The maximum absolute atomic E-state index is 12.7. The Hall–Kier alpha value is -3.67. The molecule has 0 heterocycles. The third-order valence-electron chi connectivity index (χ3n) is 9.33. The van der Waals surface area contributed by atoms with Crippen LogP contribution in [0.3, 0.4) is 0 Å². The molecule has 0 fully saturated rings. The van der Waals surface area contributed by atoms with Crippen molar-refractivity contribution in [2.75, 3.05) is 13.2 Å². The predicted molar refractivity (Wildman–Crippen MR) is 247 cm³/mol. The fourth-order valence-corrected chi connectivity index (χ4v) is 5.81. The molecule has 6 nitrogen and oxygen atoms in total. The molecule has 0 aromatic rings.